The SMILES string of the molecule is CC[C@]12c3c4ccc(OC(=O)C56CCC(C)(C(=O)O5)C6(C)C)c3O[C@H]1C(=O)CCC2[C@H](N(C)C)C4. The molecule has 3 fully saturated rings. The Morgan fingerprint density at radius 1 is 1.17 bits per heavy atom. The minimum Gasteiger partial charge on any atom is -0.477 e. The fourth-order valence-corrected chi connectivity index (χ4v) is 8.21. The van der Waals surface area contributed by atoms with Crippen molar-refractivity contribution in [2.24, 2.45) is 16.7 Å². The van der Waals surface area contributed by atoms with Crippen LogP contribution < -0.4 is 9.47 Å². The number of hydrogen-bond donors (Lipinski definition) is 0. The van der Waals surface area contributed by atoms with Crippen LogP contribution in [0.4, 0.5) is 0 Å². The van der Waals surface area contributed by atoms with Crippen molar-refractivity contribution < 1.29 is 28.6 Å². The Kier molecular flexibility index (Phi) is 4.52. The molecule has 5 aliphatic rings. The Bertz CT molecular complexity index is 1170. The molecule has 2 saturated carbocycles. The van der Waals surface area contributed by atoms with E-state index >= 15 is 0 Å². The molecular formula is C28H35NO6. The molecular weight excluding hydrogens is 446 g/mol. The maximum absolute atomic E-state index is 13.7. The minimum absolute atomic E-state index is 0.123. The zero-order valence-corrected chi connectivity index (χ0v) is 21.5. The number of benzene rings is 1. The maximum Gasteiger partial charge on any atom is 0.356 e. The van der Waals surface area contributed by atoms with Gasteiger partial charge in [-0.05, 0) is 70.7 Å². The lowest BCUT2D eigenvalue weighted by Crippen LogP contribution is -2.60. The van der Waals surface area contributed by atoms with E-state index in [1.807, 2.05) is 26.8 Å². The molecule has 6 atom stereocenters. The smallest absolute Gasteiger partial charge is 0.356 e. The molecule has 1 aromatic rings. The summed E-state index contributed by atoms with van der Waals surface area (Å²) in [5.74, 6) is 0.372. The Balaban J connectivity index is 1.44. The predicted octanol–water partition coefficient (Wildman–Crippen LogP) is 3.59. The second-order valence-corrected chi connectivity index (χ2v) is 12.2. The third kappa shape index (κ3) is 2.43. The van der Waals surface area contributed by atoms with E-state index in [2.05, 4.69) is 25.9 Å². The van der Waals surface area contributed by atoms with Crippen LogP contribution in [0.2, 0.25) is 0 Å². The van der Waals surface area contributed by atoms with E-state index in [9.17, 15) is 14.4 Å². The molecule has 7 heteroatoms. The number of rotatable bonds is 4. The first-order valence-corrected chi connectivity index (χ1v) is 12.9. The highest BCUT2D eigenvalue weighted by atomic mass is 16.6. The van der Waals surface area contributed by atoms with Crippen molar-refractivity contribution in [3.8, 4) is 11.5 Å². The first kappa shape index (κ1) is 23.0. The average Bonchev–Trinajstić information content (AvgIpc) is 3.33. The van der Waals surface area contributed by atoms with E-state index in [-0.39, 0.29) is 17.7 Å². The lowest BCUT2D eigenvalue weighted by molar-refractivity contribution is -0.176. The van der Waals surface area contributed by atoms with Gasteiger partial charge in [0.15, 0.2) is 23.4 Å². The van der Waals surface area contributed by atoms with Gasteiger partial charge in [0, 0.05) is 28.9 Å². The van der Waals surface area contributed by atoms with E-state index in [0.717, 1.165) is 30.4 Å². The van der Waals surface area contributed by atoms with Crippen LogP contribution in [0.1, 0.15) is 70.9 Å². The van der Waals surface area contributed by atoms with Crippen LogP contribution in [-0.2, 0) is 31.0 Å². The summed E-state index contributed by atoms with van der Waals surface area (Å²) in [5.41, 5.74) is -0.932. The Hall–Kier alpha value is -2.41. The molecule has 1 saturated heterocycles. The van der Waals surface area contributed by atoms with Gasteiger partial charge in [-0.15, -0.1) is 0 Å². The third-order valence-corrected chi connectivity index (χ3v) is 10.8. The first-order valence-electron chi connectivity index (χ1n) is 12.9. The number of ketones is 1. The quantitative estimate of drug-likeness (QED) is 0.480. The molecule has 1 aromatic carbocycles. The van der Waals surface area contributed by atoms with Gasteiger partial charge in [0.05, 0.1) is 5.41 Å². The van der Waals surface area contributed by atoms with E-state index in [4.69, 9.17) is 14.2 Å². The lowest BCUT2D eigenvalue weighted by Gasteiger charge is -2.52. The van der Waals surface area contributed by atoms with Crippen molar-refractivity contribution in [1.29, 1.82) is 0 Å². The monoisotopic (exact) mass is 481 g/mol. The van der Waals surface area contributed by atoms with Crippen LogP contribution in [0.3, 0.4) is 0 Å². The Morgan fingerprint density at radius 2 is 1.91 bits per heavy atom. The fourth-order valence-electron chi connectivity index (χ4n) is 8.21. The standard InChI is InChI=1S/C28H35NO6/c1-7-27-16-9-10-18(30)22(27)34-21-19(11-8-15(20(21)27)14-17(16)29(5)6)33-24(32)28-13-12-26(4,23(31)35-28)25(28,2)3/h8,11,16-17,22H,7,9-10,12-14H2,1-6H3/t16?,17-,22+,26?,27+,28?/m1/s1. The van der Waals surface area contributed by atoms with E-state index < -0.39 is 33.9 Å². The molecule has 2 bridgehead atoms. The number of esters is 2. The molecule has 3 aliphatic carbocycles. The molecule has 35 heavy (non-hydrogen) atoms. The summed E-state index contributed by atoms with van der Waals surface area (Å²) in [6, 6.07) is 4.13. The number of carbonyl (C=O) groups excluding carboxylic acids is 3. The van der Waals surface area contributed by atoms with Crippen LogP contribution in [0.25, 0.3) is 0 Å². The predicted molar refractivity (Wildman–Crippen MR) is 127 cm³/mol. The van der Waals surface area contributed by atoms with Gasteiger partial charge in [0.2, 0.25) is 5.60 Å². The van der Waals surface area contributed by atoms with Crippen molar-refractivity contribution in [2.75, 3.05) is 14.1 Å². The molecule has 0 spiro atoms. The van der Waals surface area contributed by atoms with Gasteiger partial charge in [-0.2, -0.15) is 0 Å². The van der Waals surface area contributed by atoms with E-state index in [1.54, 1.807) is 6.07 Å². The molecule has 188 valence electrons. The number of fused-ring (bicyclic) bond motifs is 2. The van der Waals surface area contributed by atoms with E-state index in [1.165, 1.54) is 0 Å². The summed E-state index contributed by atoms with van der Waals surface area (Å²) in [6.07, 6.45) is 3.46. The fraction of sp³-hybridized carbons (Fsp3) is 0.679. The van der Waals surface area contributed by atoms with Gasteiger partial charge < -0.3 is 19.1 Å². The summed E-state index contributed by atoms with van der Waals surface area (Å²) in [5, 5.41) is 0. The second kappa shape index (κ2) is 6.87. The largest absolute Gasteiger partial charge is 0.477 e. The number of Topliss-reactive ketones (excluding diaryl/α,β-unsaturated/α-hetero) is 1. The average molecular weight is 482 g/mol. The van der Waals surface area contributed by atoms with Crippen LogP contribution in [0.5, 0.6) is 11.5 Å². The normalized spacial score (nSPS) is 39.9. The number of ether oxygens (including phenoxy) is 3. The van der Waals surface area contributed by atoms with Crippen LogP contribution >= 0.6 is 0 Å². The highest BCUT2D eigenvalue weighted by Crippen LogP contribution is 2.66. The van der Waals surface area contributed by atoms with Crippen LogP contribution in [0.15, 0.2) is 12.1 Å². The molecule has 3 unspecified atom stereocenters. The van der Waals surface area contributed by atoms with Gasteiger partial charge in [0.25, 0.3) is 0 Å². The van der Waals surface area contributed by atoms with Gasteiger partial charge in [-0.1, -0.05) is 26.8 Å². The topological polar surface area (TPSA) is 82.1 Å². The summed E-state index contributed by atoms with van der Waals surface area (Å²) in [6.45, 7) is 7.84. The zero-order chi connectivity index (χ0) is 25.1. The van der Waals surface area contributed by atoms with Crippen molar-refractivity contribution >= 4 is 17.7 Å². The van der Waals surface area contributed by atoms with Gasteiger partial charge >= 0.3 is 11.9 Å². The van der Waals surface area contributed by atoms with Crippen molar-refractivity contribution in [1.82, 2.24) is 4.90 Å². The first-order chi connectivity index (χ1) is 16.4. The summed E-state index contributed by atoms with van der Waals surface area (Å²) >= 11 is 0. The molecule has 2 heterocycles. The maximum atomic E-state index is 13.7. The van der Waals surface area contributed by atoms with Crippen LogP contribution in [0, 0.1) is 16.7 Å². The highest BCUT2D eigenvalue weighted by molar-refractivity contribution is 5.95. The molecule has 6 rings (SSSR count). The van der Waals surface area contributed by atoms with Gasteiger partial charge in [-0.25, -0.2) is 4.79 Å². The summed E-state index contributed by atoms with van der Waals surface area (Å²) in [7, 11) is 4.22. The lowest BCUT2D eigenvalue weighted by atomic mass is 9.53. The molecule has 0 amide bonds. The number of carbonyl (C=O) groups is 3. The van der Waals surface area contributed by atoms with Crippen molar-refractivity contribution in [2.45, 2.75) is 89.4 Å². The third-order valence-electron chi connectivity index (χ3n) is 10.8. The van der Waals surface area contributed by atoms with Gasteiger partial charge in [-0.3, -0.25) is 9.59 Å². The Morgan fingerprint density at radius 3 is 2.51 bits per heavy atom. The number of hydrogen-bond acceptors (Lipinski definition) is 7. The summed E-state index contributed by atoms with van der Waals surface area (Å²) in [4.78, 5) is 41.8. The van der Waals surface area contributed by atoms with E-state index in [0.29, 0.717) is 36.8 Å². The van der Waals surface area contributed by atoms with Crippen LogP contribution in [-0.4, -0.2) is 54.5 Å². The molecule has 2 aliphatic heterocycles. The number of likely N-dealkylation sites (N-methyl/N-ethyl adjacent to an activating group) is 1. The minimum atomic E-state index is -1.32. The van der Waals surface area contributed by atoms with Gasteiger partial charge in [0.1, 0.15) is 0 Å². The van der Waals surface area contributed by atoms with Crippen molar-refractivity contribution in [3.05, 3.63) is 23.3 Å². The molecule has 0 N–H and O–H groups in total. The van der Waals surface area contributed by atoms with Crippen molar-refractivity contribution in [3.63, 3.8) is 0 Å². The Labute approximate surface area is 206 Å². The second-order valence-electron chi connectivity index (χ2n) is 12.2. The number of nitrogens with zero attached hydrogens (tertiary/aromatic N) is 1. The summed E-state index contributed by atoms with van der Waals surface area (Å²) < 4.78 is 18.2. The zero-order valence-electron chi connectivity index (χ0n) is 21.5. The molecule has 0 aromatic heterocycles. The molecule has 7 nitrogen and oxygen atoms in total. The highest BCUT2D eigenvalue weighted by Gasteiger charge is 2.76. The molecule has 0 radical (unpaired) electrons.